The lowest BCUT2D eigenvalue weighted by Gasteiger charge is -2.46. The molecule has 0 aliphatic carbocycles. The van der Waals surface area contributed by atoms with Gasteiger partial charge in [-0.25, -0.2) is 0 Å². The molecule has 0 unspecified atom stereocenters. The Bertz CT molecular complexity index is 871. The van der Waals surface area contributed by atoms with E-state index in [1.54, 1.807) is 0 Å². The lowest BCUT2D eigenvalue weighted by Crippen LogP contribution is -2.50. The molecule has 0 aliphatic rings. The average Bonchev–Trinajstić information content (AvgIpc) is 2.67. The number of aryl methyl sites for hydroxylation is 3. The highest BCUT2D eigenvalue weighted by Gasteiger charge is 2.50. The molecule has 0 heterocycles. The van der Waals surface area contributed by atoms with Crippen LogP contribution in [0.2, 0.25) is 0 Å². The van der Waals surface area contributed by atoms with E-state index in [0.29, 0.717) is 0 Å². The van der Waals surface area contributed by atoms with Crippen molar-refractivity contribution in [2.24, 2.45) is 0 Å². The molecule has 0 nitrogen and oxygen atoms in total. The van der Waals surface area contributed by atoms with Crippen LogP contribution >= 0.6 is 53.5 Å². The first-order valence-electron chi connectivity index (χ1n) is 9.45. The molecule has 3 rings (SSSR count). The Balaban J connectivity index is 2.58. The van der Waals surface area contributed by atoms with E-state index in [1.807, 2.05) is 0 Å². The molecule has 0 amide bonds. The Morgan fingerprint density at radius 1 is 0.552 bits per heavy atom. The highest BCUT2D eigenvalue weighted by atomic mass is 35.5. The van der Waals surface area contributed by atoms with Crippen LogP contribution in [0.15, 0.2) is 72.8 Å². The van der Waals surface area contributed by atoms with Crippen molar-refractivity contribution in [3.8, 4) is 0 Å². The summed E-state index contributed by atoms with van der Waals surface area (Å²) >= 11 is 26.6. The van der Waals surface area contributed by atoms with Crippen LogP contribution in [0.3, 0.4) is 0 Å². The van der Waals surface area contributed by atoms with Gasteiger partial charge < -0.3 is 0 Å². The van der Waals surface area contributed by atoms with Crippen LogP contribution in [-0.4, -0.2) is 15.9 Å². The van der Waals surface area contributed by atoms with Gasteiger partial charge in [0.25, 0.3) is 0 Å². The highest BCUT2D eigenvalue weighted by Crippen LogP contribution is 2.63. The van der Waals surface area contributed by atoms with Gasteiger partial charge in [-0.15, -0.1) is 46.4 Å². The molecule has 6 heteroatoms. The van der Waals surface area contributed by atoms with Crippen LogP contribution in [0, 0.1) is 20.8 Å². The number of hydrogen-bond donors (Lipinski definition) is 0. The van der Waals surface area contributed by atoms with Crippen LogP contribution in [0.25, 0.3) is 0 Å². The van der Waals surface area contributed by atoms with E-state index in [-0.39, 0.29) is 6.43 Å². The zero-order valence-electron chi connectivity index (χ0n) is 16.6. The van der Waals surface area contributed by atoms with Gasteiger partial charge in [0.1, 0.15) is 0 Å². The second kappa shape index (κ2) is 9.63. The second-order valence-electron chi connectivity index (χ2n) is 7.24. The van der Waals surface area contributed by atoms with E-state index in [1.165, 1.54) is 32.6 Å². The van der Waals surface area contributed by atoms with Gasteiger partial charge in [-0.05, 0) is 55.7 Å². The standard InChI is InChI=1S/C23H23BCl4P/c1-16-10-4-7-13-19(16)29(24(22(25)26)23(27)28,20-14-8-5-11-17(20)2)21-15-9-6-12-18(21)3/h4-15,22-23H,1-3H3. The summed E-state index contributed by atoms with van der Waals surface area (Å²) < 4.78 is -1.47. The third kappa shape index (κ3) is 4.23. The highest BCUT2D eigenvalue weighted by molar-refractivity contribution is 8.20. The zero-order chi connectivity index (χ0) is 21.2. The van der Waals surface area contributed by atoms with Gasteiger partial charge in [0, 0.05) is 9.47 Å². The summed E-state index contributed by atoms with van der Waals surface area (Å²) in [5, 5.41) is 3.64. The van der Waals surface area contributed by atoms with Crippen molar-refractivity contribution in [3.63, 3.8) is 0 Å². The lowest BCUT2D eigenvalue weighted by atomic mass is 9.82. The van der Waals surface area contributed by atoms with Gasteiger partial charge in [-0.1, -0.05) is 61.7 Å². The van der Waals surface area contributed by atoms with Crippen LogP contribution in [0.5, 0.6) is 0 Å². The SMILES string of the molecule is Cc1ccccc1[P+]([B-](C(Cl)Cl)C(Cl)Cl)(c1ccccc1C)c1ccccc1C. The zero-order valence-corrected chi connectivity index (χ0v) is 20.5. The molecule has 3 aromatic carbocycles. The number of halogens is 4. The number of benzene rings is 3. The van der Waals surface area contributed by atoms with Crippen molar-refractivity contribution < 1.29 is 0 Å². The van der Waals surface area contributed by atoms with Gasteiger partial charge in [0.05, 0.1) is 15.9 Å². The van der Waals surface area contributed by atoms with E-state index in [4.69, 9.17) is 46.4 Å². The first-order chi connectivity index (χ1) is 13.8. The summed E-state index contributed by atoms with van der Waals surface area (Å²) in [6.07, 6.45) is -0.363. The fraction of sp³-hybridized carbons (Fsp3) is 0.217. The van der Waals surface area contributed by atoms with E-state index >= 15 is 0 Å². The van der Waals surface area contributed by atoms with Crippen LogP contribution in [0.1, 0.15) is 16.7 Å². The summed E-state index contributed by atoms with van der Waals surface area (Å²) in [4.78, 5) is 0. The Kier molecular flexibility index (Phi) is 7.64. The van der Waals surface area contributed by atoms with Crippen molar-refractivity contribution in [3.05, 3.63) is 89.5 Å². The summed E-state index contributed by atoms with van der Waals surface area (Å²) in [6, 6.07) is 25.3. The van der Waals surface area contributed by atoms with Gasteiger partial charge in [0.15, 0.2) is 6.43 Å². The molecule has 0 fully saturated rings. The molecule has 0 aromatic heterocycles. The minimum atomic E-state index is -2.42. The number of rotatable bonds is 6. The topological polar surface area (TPSA) is 0 Å². The van der Waals surface area contributed by atoms with E-state index in [2.05, 4.69) is 93.6 Å². The predicted octanol–water partition coefficient (Wildman–Crippen LogP) is 6.58. The van der Waals surface area contributed by atoms with Gasteiger partial charge >= 0.3 is 0 Å². The molecule has 0 saturated heterocycles. The third-order valence-electron chi connectivity index (χ3n) is 5.45. The molecule has 0 bridgehead atoms. The quantitative estimate of drug-likeness (QED) is 0.211. The molecule has 0 saturated carbocycles. The predicted molar refractivity (Wildman–Crippen MR) is 136 cm³/mol. The van der Waals surface area contributed by atoms with E-state index in [0.717, 1.165) is 0 Å². The van der Waals surface area contributed by atoms with Crippen LogP contribution in [-0.2, 0) is 0 Å². The minimum Gasteiger partial charge on any atom is -0.147 e. The Morgan fingerprint density at radius 3 is 1.07 bits per heavy atom. The average molecular weight is 483 g/mol. The molecule has 3 aromatic rings. The maximum atomic E-state index is 6.65. The van der Waals surface area contributed by atoms with Gasteiger partial charge in [-0.3, -0.25) is 0 Å². The van der Waals surface area contributed by atoms with E-state index < -0.39 is 16.6 Å². The first-order valence-corrected chi connectivity index (χ1v) is 13.1. The van der Waals surface area contributed by atoms with E-state index in [9.17, 15) is 0 Å². The number of hydrogen-bond acceptors (Lipinski definition) is 0. The van der Waals surface area contributed by atoms with Crippen molar-refractivity contribution in [1.82, 2.24) is 0 Å². The molecule has 0 N–H and O–H groups in total. The normalized spacial score (nSPS) is 12.2. The summed E-state index contributed by atoms with van der Waals surface area (Å²) in [6.45, 7) is 6.39. The monoisotopic (exact) mass is 481 g/mol. The molecule has 151 valence electrons. The molecule has 29 heavy (non-hydrogen) atoms. The maximum Gasteiger partial charge on any atom is 0.163 e. The molecule has 0 atom stereocenters. The van der Waals surface area contributed by atoms with Crippen molar-refractivity contribution in [1.29, 1.82) is 0 Å². The van der Waals surface area contributed by atoms with Gasteiger partial charge in [0.2, 0.25) is 0 Å². The molecule has 0 spiro atoms. The Labute approximate surface area is 194 Å². The molecular formula is C23H23BCl4P. The summed E-state index contributed by atoms with van der Waals surface area (Å²) in [5.41, 5.74) is 3.54. The Hall–Kier alpha value is -0.685. The van der Waals surface area contributed by atoms with Crippen molar-refractivity contribution >= 4 is 75.9 Å². The van der Waals surface area contributed by atoms with Crippen LogP contribution in [0.4, 0.5) is 0 Å². The first kappa shape index (κ1) is 23.0. The fourth-order valence-electron chi connectivity index (χ4n) is 4.20. The largest absolute Gasteiger partial charge is 0.163 e. The second-order valence-corrected chi connectivity index (χ2v) is 13.1. The fourth-order valence-corrected chi connectivity index (χ4v) is 12.4. The molecule has 1 radical (unpaired) electrons. The summed E-state index contributed by atoms with van der Waals surface area (Å²) in [7, 11) is -2.42. The van der Waals surface area contributed by atoms with Crippen LogP contribution < -0.4 is 15.9 Å². The number of alkyl halides is 4. The summed E-state index contributed by atoms with van der Waals surface area (Å²) in [5.74, 6) is 0. The lowest BCUT2D eigenvalue weighted by molar-refractivity contribution is 1.48. The van der Waals surface area contributed by atoms with Crippen molar-refractivity contribution in [2.45, 2.75) is 30.2 Å². The minimum absolute atomic E-state index is 0.363. The third-order valence-corrected chi connectivity index (χ3v) is 12.5. The Morgan fingerprint density at radius 2 is 0.828 bits per heavy atom. The maximum absolute atomic E-state index is 6.65. The van der Waals surface area contributed by atoms with Crippen molar-refractivity contribution in [2.75, 3.05) is 0 Å². The smallest absolute Gasteiger partial charge is 0.147 e. The molecule has 0 aliphatic heterocycles. The van der Waals surface area contributed by atoms with Gasteiger partial charge in [-0.2, -0.15) is 0 Å². The molecular weight excluding hydrogens is 460 g/mol.